The summed E-state index contributed by atoms with van der Waals surface area (Å²) in [5, 5.41) is -0.0905. The molecule has 1 amide bonds. The molecule has 0 radical (unpaired) electrons. The van der Waals surface area contributed by atoms with Crippen LogP contribution in [0.5, 0.6) is 0 Å². The van der Waals surface area contributed by atoms with Gasteiger partial charge in [-0.25, -0.2) is 0 Å². The van der Waals surface area contributed by atoms with E-state index >= 15 is 0 Å². The number of hydrogen-bond donors (Lipinski definition) is 0. The van der Waals surface area contributed by atoms with Crippen molar-refractivity contribution in [3.63, 3.8) is 0 Å². The summed E-state index contributed by atoms with van der Waals surface area (Å²) in [5.74, 6) is -0.439. The largest absolute Gasteiger partial charge is 0.416 e. The lowest BCUT2D eigenvalue weighted by atomic mass is 10.1. The average Bonchev–Trinajstić information content (AvgIpc) is 2.84. The van der Waals surface area contributed by atoms with E-state index in [9.17, 15) is 22.8 Å². The Morgan fingerprint density at radius 3 is 2.38 bits per heavy atom. The number of aryl methyl sites for hydroxylation is 1. The van der Waals surface area contributed by atoms with Crippen LogP contribution in [0.1, 0.15) is 28.4 Å². The van der Waals surface area contributed by atoms with Gasteiger partial charge in [0.25, 0.3) is 5.91 Å². The smallest absolute Gasteiger partial charge is 0.347 e. The third-order valence-electron chi connectivity index (χ3n) is 6.11. The summed E-state index contributed by atoms with van der Waals surface area (Å²) in [6, 6.07) is 13.1. The van der Waals surface area contributed by atoms with E-state index in [-0.39, 0.29) is 10.9 Å². The number of nitrogens with zero attached hydrogens (tertiary/aromatic N) is 3. The highest BCUT2D eigenvalue weighted by atomic mass is 19.4. The van der Waals surface area contributed by atoms with Crippen molar-refractivity contribution in [3.8, 4) is 0 Å². The molecule has 0 atom stereocenters. The zero-order valence-corrected chi connectivity index (χ0v) is 18.9. The maximum absolute atomic E-state index is 13.2. The number of halogens is 3. The molecule has 34 heavy (non-hydrogen) atoms. The van der Waals surface area contributed by atoms with Crippen molar-refractivity contribution in [2.75, 3.05) is 32.7 Å². The van der Waals surface area contributed by atoms with Gasteiger partial charge in [-0.3, -0.25) is 14.5 Å². The Morgan fingerprint density at radius 1 is 1.03 bits per heavy atom. The normalized spacial score (nSPS) is 15.4. The van der Waals surface area contributed by atoms with Crippen LogP contribution in [-0.4, -0.2) is 53.0 Å². The maximum Gasteiger partial charge on any atom is 0.416 e. The molecule has 1 aliphatic rings. The number of pyridine rings is 1. The van der Waals surface area contributed by atoms with Gasteiger partial charge in [0.2, 0.25) is 5.43 Å². The minimum absolute atomic E-state index is 0.0905. The molecule has 0 unspecified atom stereocenters. The lowest BCUT2D eigenvalue weighted by Gasteiger charge is -2.34. The van der Waals surface area contributed by atoms with Crippen LogP contribution in [0.3, 0.4) is 0 Å². The van der Waals surface area contributed by atoms with E-state index in [4.69, 9.17) is 0 Å². The fraction of sp³-hybridized carbons (Fsp3) is 0.308. The monoisotopic (exact) mass is 469 g/mol. The molecule has 1 aliphatic heterocycles. The van der Waals surface area contributed by atoms with Crippen molar-refractivity contribution in [3.05, 3.63) is 87.7 Å². The first-order chi connectivity index (χ1) is 16.3. The molecule has 5 nitrogen and oxygen atoms in total. The second kappa shape index (κ2) is 9.85. The van der Waals surface area contributed by atoms with Gasteiger partial charge in [0.1, 0.15) is 5.56 Å². The summed E-state index contributed by atoms with van der Waals surface area (Å²) >= 11 is 0. The van der Waals surface area contributed by atoms with Gasteiger partial charge in [0.05, 0.1) is 11.1 Å². The standard InChI is InChI=1S/C26H26F3N3O2/c1-2-31-18-22(24(33)21-17-20(26(27,28)29)10-11-23(21)31)25(34)32-15-13-30(14-16-32)12-6-9-19-7-4-3-5-8-19/h3-11,17-18H,2,12-16H2,1H3/b9-6+. The quantitative estimate of drug-likeness (QED) is 0.552. The number of piperazine rings is 1. The predicted octanol–water partition coefficient (Wildman–Crippen LogP) is 4.51. The van der Waals surface area contributed by atoms with Crippen molar-refractivity contribution >= 4 is 22.9 Å². The van der Waals surface area contributed by atoms with E-state index in [1.165, 1.54) is 12.3 Å². The molecule has 2 aromatic carbocycles. The van der Waals surface area contributed by atoms with Crippen molar-refractivity contribution in [1.29, 1.82) is 0 Å². The Hall–Kier alpha value is -3.39. The highest BCUT2D eigenvalue weighted by molar-refractivity contribution is 5.97. The summed E-state index contributed by atoms with van der Waals surface area (Å²) in [7, 11) is 0. The van der Waals surface area contributed by atoms with Gasteiger partial charge < -0.3 is 9.47 Å². The topological polar surface area (TPSA) is 45.6 Å². The van der Waals surface area contributed by atoms with Crippen LogP contribution in [-0.2, 0) is 12.7 Å². The predicted molar refractivity (Wildman–Crippen MR) is 127 cm³/mol. The molecule has 178 valence electrons. The molecule has 0 N–H and O–H groups in total. The molecule has 0 spiro atoms. The van der Waals surface area contributed by atoms with Crippen molar-refractivity contribution < 1.29 is 18.0 Å². The minimum Gasteiger partial charge on any atom is -0.347 e. The average molecular weight is 470 g/mol. The first-order valence-corrected chi connectivity index (χ1v) is 11.3. The van der Waals surface area contributed by atoms with Gasteiger partial charge in [-0.1, -0.05) is 42.5 Å². The van der Waals surface area contributed by atoms with Gasteiger partial charge in [-0.05, 0) is 30.7 Å². The maximum atomic E-state index is 13.2. The molecule has 0 aliphatic carbocycles. The van der Waals surface area contributed by atoms with Gasteiger partial charge in [-0.15, -0.1) is 0 Å². The van der Waals surface area contributed by atoms with Crippen LogP contribution >= 0.6 is 0 Å². The first kappa shape index (κ1) is 23.8. The Balaban J connectivity index is 1.50. The second-order valence-electron chi connectivity index (χ2n) is 8.29. The molecule has 1 aromatic heterocycles. The summed E-state index contributed by atoms with van der Waals surface area (Å²) in [5.41, 5.74) is -0.155. The van der Waals surface area contributed by atoms with Gasteiger partial charge in [0, 0.05) is 50.9 Å². The summed E-state index contributed by atoms with van der Waals surface area (Å²) in [4.78, 5) is 30.0. The van der Waals surface area contributed by atoms with Crippen molar-refractivity contribution in [1.82, 2.24) is 14.4 Å². The van der Waals surface area contributed by atoms with E-state index in [2.05, 4.69) is 17.1 Å². The number of hydrogen-bond acceptors (Lipinski definition) is 3. The number of amides is 1. The molecule has 4 rings (SSSR count). The highest BCUT2D eigenvalue weighted by Crippen LogP contribution is 2.31. The number of carbonyl (C=O) groups excluding carboxylic acids is 1. The number of carbonyl (C=O) groups is 1. The number of fused-ring (bicyclic) bond motifs is 1. The number of alkyl halides is 3. The number of benzene rings is 2. The van der Waals surface area contributed by atoms with E-state index < -0.39 is 23.1 Å². The minimum atomic E-state index is -4.57. The summed E-state index contributed by atoms with van der Waals surface area (Å²) in [6.07, 6.45) is 1.03. The Morgan fingerprint density at radius 2 is 1.74 bits per heavy atom. The summed E-state index contributed by atoms with van der Waals surface area (Å²) < 4.78 is 41.3. The van der Waals surface area contributed by atoms with Crippen LogP contribution in [0.4, 0.5) is 13.2 Å². The molecule has 1 saturated heterocycles. The molecule has 0 bridgehead atoms. The van der Waals surface area contributed by atoms with Gasteiger partial charge in [-0.2, -0.15) is 13.2 Å². The Kier molecular flexibility index (Phi) is 6.88. The van der Waals surface area contributed by atoms with Gasteiger partial charge in [0.15, 0.2) is 0 Å². The molecule has 8 heteroatoms. The van der Waals surface area contributed by atoms with Crippen molar-refractivity contribution in [2.24, 2.45) is 0 Å². The van der Waals surface area contributed by atoms with Crippen LogP contribution in [0.15, 0.2) is 65.6 Å². The highest BCUT2D eigenvalue weighted by Gasteiger charge is 2.31. The zero-order valence-electron chi connectivity index (χ0n) is 18.9. The third-order valence-corrected chi connectivity index (χ3v) is 6.11. The molecule has 3 aromatic rings. The van der Waals surface area contributed by atoms with Crippen LogP contribution < -0.4 is 5.43 Å². The number of rotatable bonds is 5. The second-order valence-corrected chi connectivity index (χ2v) is 8.29. The number of aromatic nitrogens is 1. The zero-order chi connectivity index (χ0) is 24.3. The van der Waals surface area contributed by atoms with E-state index in [0.29, 0.717) is 38.2 Å². The van der Waals surface area contributed by atoms with Crippen molar-refractivity contribution in [2.45, 2.75) is 19.6 Å². The SMILES string of the molecule is CCn1cc(C(=O)N2CCN(C/C=C/c3ccccc3)CC2)c(=O)c2cc(C(F)(F)F)ccc21. The van der Waals surface area contributed by atoms with Gasteiger partial charge >= 0.3 is 6.18 Å². The third kappa shape index (κ3) is 5.07. The Labute approximate surface area is 195 Å². The van der Waals surface area contributed by atoms with E-state index in [1.54, 1.807) is 9.47 Å². The molecule has 1 fully saturated rings. The lowest BCUT2D eigenvalue weighted by Crippen LogP contribution is -2.49. The molecular weight excluding hydrogens is 443 g/mol. The van der Waals surface area contributed by atoms with E-state index in [0.717, 1.165) is 24.2 Å². The fourth-order valence-electron chi connectivity index (χ4n) is 4.19. The Bertz CT molecular complexity index is 1260. The molecular formula is C26H26F3N3O2. The van der Waals surface area contributed by atoms with Crippen LogP contribution in [0.25, 0.3) is 17.0 Å². The fourth-order valence-corrected chi connectivity index (χ4v) is 4.19. The van der Waals surface area contributed by atoms with E-state index in [1.807, 2.05) is 37.3 Å². The lowest BCUT2D eigenvalue weighted by molar-refractivity contribution is -0.137. The van der Waals surface area contributed by atoms with Crippen LogP contribution in [0.2, 0.25) is 0 Å². The molecule has 0 saturated carbocycles. The first-order valence-electron chi connectivity index (χ1n) is 11.3. The molecule has 2 heterocycles. The van der Waals surface area contributed by atoms with Crippen LogP contribution in [0, 0.1) is 0 Å². The summed E-state index contributed by atoms with van der Waals surface area (Å²) in [6.45, 7) is 5.18.